The van der Waals surface area contributed by atoms with E-state index in [0.29, 0.717) is 19.3 Å². The Kier molecular flexibility index (Phi) is 50.4. The first-order valence-corrected chi connectivity index (χ1v) is 27.3. The van der Waals surface area contributed by atoms with Crippen LogP contribution in [0.25, 0.3) is 0 Å². The maximum Gasteiger partial charge on any atom is 0.306 e. The number of rotatable bonds is 49. The van der Waals surface area contributed by atoms with Gasteiger partial charge in [0.2, 0.25) is 0 Å². The molecule has 0 aliphatic rings. The van der Waals surface area contributed by atoms with E-state index in [4.69, 9.17) is 14.2 Å². The van der Waals surface area contributed by atoms with Gasteiger partial charge in [-0.15, -0.1) is 0 Å². The van der Waals surface area contributed by atoms with Crippen molar-refractivity contribution in [2.24, 2.45) is 0 Å². The molecule has 370 valence electrons. The molecule has 0 heterocycles. The molecule has 6 nitrogen and oxygen atoms in total. The molecule has 0 aromatic heterocycles. The number of hydrogen-bond donors (Lipinski definition) is 0. The fourth-order valence-corrected chi connectivity index (χ4v) is 7.66. The highest BCUT2D eigenvalue weighted by Gasteiger charge is 2.19. The Morgan fingerprint density at radius 3 is 0.969 bits per heavy atom. The summed E-state index contributed by atoms with van der Waals surface area (Å²) >= 11 is 0. The smallest absolute Gasteiger partial charge is 0.306 e. The van der Waals surface area contributed by atoms with Gasteiger partial charge in [-0.3, -0.25) is 14.4 Å². The predicted octanol–water partition coefficient (Wildman–Crippen LogP) is 18.0. The van der Waals surface area contributed by atoms with Crippen molar-refractivity contribution in [2.45, 2.75) is 277 Å². The molecule has 1 unspecified atom stereocenters. The van der Waals surface area contributed by atoms with Gasteiger partial charge in [-0.2, -0.15) is 0 Å². The zero-order chi connectivity index (χ0) is 46.5. The average molecular weight is 895 g/mol. The van der Waals surface area contributed by atoms with Gasteiger partial charge in [0.05, 0.1) is 0 Å². The topological polar surface area (TPSA) is 78.9 Å². The molecule has 0 saturated carbocycles. The number of allylic oxidation sites excluding steroid dienone is 10. The Morgan fingerprint density at radius 2 is 0.609 bits per heavy atom. The minimum atomic E-state index is -0.786. The van der Waals surface area contributed by atoms with Crippen molar-refractivity contribution in [3.63, 3.8) is 0 Å². The van der Waals surface area contributed by atoms with Gasteiger partial charge in [0.15, 0.2) is 6.10 Å². The summed E-state index contributed by atoms with van der Waals surface area (Å²) in [5, 5.41) is 0. The first-order chi connectivity index (χ1) is 31.5. The summed E-state index contributed by atoms with van der Waals surface area (Å²) in [6.07, 6.45) is 64.9. The van der Waals surface area contributed by atoms with E-state index >= 15 is 0 Å². The molecule has 64 heavy (non-hydrogen) atoms. The largest absolute Gasteiger partial charge is 0.462 e. The molecule has 0 aliphatic heterocycles. The third-order valence-corrected chi connectivity index (χ3v) is 11.8. The van der Waals surface area contributed by atoms with Crippen molar-refractivity contribution >= 4 is 17.9 Å². The summed E-state index contributed by atoms with van der Waals surface area (Å²) < 4.78 is 16.8. The Labute approximate surface area is 396 Å². The molecular weight excluding hydrogens is 793 g/mol. The fourth-order valence-electron chi connectivity index (χ4n) is 7.66. The third-order valence-electron chi connectivity index (χ3n) is 11.8. The van der Waals surface area contributed by atoms with Gasteiger partial charge in [0.1, 0.15) is 13.2 Å². The Bertz CT molecular complexity index is 1170. The van der Waals surface area contributed by atoms with Crippen LogP contribution >= 0.6 is 0 Å². The molecule has 0 bridgehead atoms. The van der Waals surface area contributed by atoms with E-state index in [1.165, 1.54) is 122 Å². The van der Waals surface area contributed by atoms with Crippen molar-refractivity contribution in [1.82, 2.24) is 0 Å². The van der Waals surface area contributed by atoms with Crippen molar-refractivity contribution in [1.29, 1.82) is 0 Å². The predicted molar refractivity (Wildman–Crippen MR) is 275 cm³/mol. The highest BCUT2D eigenvalue weighted by molar-refractivity contribution is 5.71. The molecular formula is C58H102O6. The summed E-state index contributed by atoms with van der Waals surface area (Å²) in [5.74, 6) is -0.908. The Hall–Kier alpha value is -2.89. The van der Waals surface area contributed by atoms with Crippen LogP contribution in [-0.4, -0.2) is 37.2 Å². The van der Waals surface area contributed by atoms with Crippen molar-refractivity contribution in [3.05, 3.63) is 60.8 Å². The minimum absolute atomic E-state index is 0.0833. The van der Waals surface area contributed by atoms with E-state index in [2.05, 4.69) is 81.5 Å². The first-order valence-electron chi connectivity index (χ1n) is 27.3. The number of ether oxygens (including phenoxy) is 3. The highest BCUT2D eigenvalue weighted by Crippen LogP contribution is 2.15. The van der Waals surface area contributed by atoms with Gasteiger partial charge in [0, 0.05) is 19.3 Å². The van der Waals surface area contributed by atoms with Crippen LogP contribution in [0.1, 0.15) is 271 Å². The van der Waals surface area contributed by atoms with Gasteiger partial charge in [-0.05, 0) is 83.5 Å². The lowest BCUT2D eigenvalue weighted by Crippen LogP contribution is -2.30. The lowest BCUT2D eigenvalue weighted by atomic mass is 10.0. The van der Waals surface area contributed by atoms with Gasteiger partial charge >= 0.3 is 17.9 Å². The van der Waals surface area contributed by atoms with Crippen LogP contribution in [0.4, 0.5) is 0 Å². The van der Waals surface area contributed by atoms with Crippen LogP contribution in [0.15, 0.2) is 60.8 Å². The average Bonchev–Trinajstić information content (AvgIpc) is 3.29. The van der Waals surface area contributed by atoms with Gasteiger partial charge < -0.3 is 14.2 Å². The number of unbranched alkanes of at least 4 members (excludes halogenated alkanes) is 28. The normalized spacial score (nSPS) is 12.5. The number of carbonyl (C=O) groups excluding carboxylic acids is 3. The molecule has 0 N–H and O–H groups in total. The van der Waals surface area contributed by atoms with E-state index in [1.54, 1.807) is 0 Å². The SMILES string of the molecule is CC/C=C\C/C=C\C/C=C\C/C=C\CCCCCCC(=O)OCC(COC(=O)CCCCCCCCCCCCCCC)OC(=O)CCCCCCC/C=C\CCCCCCCCC. The van der Waals surface area contributed by atoms with Crippen LogP contribution in [-0.2, 0) is 28.6 Å². The summed E-state index contributed by atoms with van der Waals surface area (Å²) in [6.45, 7) is 6.51. The molecule has 0 radical (unpaired) electrons. The maximum atomic E-state index is 12.8. The van der Waals surface area contributed by atoms with Crippen molar-refractivity contribution in [3.8, 4) is 0 Å². The summed E-state index contributed by atoms with van der Waals surface area (Å²) in [7, 11) is 0. The molecule has 0 spiro atoms. The van der Waals surface area contributed by atoms with Crippen LogP contribution in [0, 0.1) is 0 Å². The van der Waals surface area contributed by atoms with E-state index in [0.717, 1.165) is 109 Å². The second-order valence-electron chi connectivity index (χ2n) is 18.1. The standard InChI is InChI=1S/C58H102O6/c1-4-7-10-13-16-19-22-25-27-29-31-33-36-39-42-45-48-51-57(60)63-54-55(53-62-56(59)50-47-44-41-38-35-32-24-21-18-15-12-9-6-3)64-58(61)52-49-46-43-40-37-34-30-28-26-23-20-17-14-11-8-5-2/h7,10,16,19,25,27-28,30-31,33,55H,4-6,8-9,11-15,17-18,20-24,26,29,32,34-54H2,1-3H3/b10-7-,19-16-,27-25-,30-28-,33-31-. The summed E-state index contributed by atoms with van der Waals surface area (Å²) in [5.41, 5.74) is 0. The maximum absolute atomic E-state index is 12.8. The highest BCUT2D eigenvalue weighted by atomic mass is 16.6. The summed E-state index contributed by atoms with van der Waals surface area (Å²) in [4.78, 5) is 38.0. The van der Waals surface area contributed by atoms with Crippen LogP contribution in [0.3, 0.4) is 0 Å². The molecule has 6 heteroatoms. The number of esters is 3. The quantitative estimate of drug-likeness (QED) is 0.0262. The van der Waals surface area contributed by atoms with Crippen LogP contribution in [0.2, 0.25) is 0 Å². The second-order valence-corrected chi connectivity index (χ2v) is 18.1. The van der Waals surface area contributed by atoms with Gasteiger partial charge in [-0.25, -0.2) is 0 Å². The van der Waals surface area contributed by atoms with Crippen molar-refractivity contribution in [2.75, 3.05) is 13.2 Å². The Balaban J connectivity index is 4.42. The fraction of sp³-hybridized carbons (Fsp3) is 0.776. The molecule has 0 aliphatic carbocycles. The monoisotopic (exact) mass is 895 g/mol. The second kappa shape index (κ2) is 52.7. The zero-order valence-corrected chi connectivity index (χ0v) is 42.3. The molecule has 0 saturated heterocycles. The third kappa shape index (κ3) is 50.1. The van der Waals surface area contributed by atoms with E-state index < -0.39 is 6.10 Å². The first kappa shape index (κ1) is 61.1. The molecule has 0 aromatic rings. The zero-order valence-electron chi connectivity index (χ0n) is 42.3. The lowest BCUT2D eigenvalue weighted by Gasteiger charge is -2.18. The minimum Gasteiger partial charge on any atom is -0.462 e. The molecule has 1 atom stereocenters. The van der Waals surface area contributed by atoms with Crippen LogP contribution in [0.5, 0.6) is 0 Å². The van der Waals surface area contributed by atoms with Gasteiger partial charge in [-0.1, -0.05) is 229 Å². The lowest BCUT2D eigenvalue weighted by molar-refractivity contribution is -0.167. The Morgan fingerprint density at radius 1 is 0.328 bits per heavy atom. The summed E-state index contributed by atoms with van der Waals surface area (Å²) in [6, 6.07) is 0. The van der Waals surface area contributed by atoms with Crippen LogP contribution < -0.4 is 0 Å². The van der Waals surface area contributed by atoms with E-state index in [9.17, 15) is 14.4 Å². The molecule has 0 rings (SSSR count). The molecule has 0 fully saturated rings. The van der Waals surface area contributed by atoms with E-state index in [-0.39, 0.29) is 31.1 Å². The van der Waals surface area contributed by atoms with Crippen molar-refractivity contribution < 1.29 is 28.6 Å². The number of carbonyl (C=O) groups is 3. The number of hydrogen-bond acceptors (Lipinski definition) is 6. The van der Waals surface area contributed by atoms with Gasteiger partial charge in [0.25, 0.3) is 0 Å². The molecule has 0 aromatic carbocycles. The molecule has 0 amide bonds. The van der Waals surface area contributed by atoms with E-state index in [1.807, 2.05) is 0 Å².